The molecule has 3 aromatic rings. The standard InChI is InChI=1S/C23H26N4O3/c1-16-3-5-18(6-4-16)21(27-11-13-29-14-12-27)15-24-22(28)19-7-9-20(10-8-19)23-25-17(2)26-30-23/h3-10,21H,11-15H2,1-2H3,(H,24,28). The number of carbonyl (C=O) groups is 1. The Morgan fingerprint density at radius 3 is 2.40 bits per heavy atom. The molecule has 0 spiro atoms. The predicted octanol–water partition coefficient (Wildman–Crippen LogP) is 3.16. The number of hydrogen-bond donors (Lipinski definition) is 1. The summed E-state index contributed by atoms with van der Waals surface area (Å²) in [7, 11) is 0. The van der Waals surface area contributed by atoms with E-state index in [0.717, 1.165) is 18.7 Å². The van der Waals surface area contributed by atoms with Crippen LogP contribution in [0.2, 0.25) is 0 Å². The van der Waals surface area contributed by atoms with Gasteiger partial charge < -0.3 is 14.6 Å². The number of morpholine rings is 1. The molecular formula is C23H26N4O3. The van der Waals surface area contributed by atoms with Gasteiger partial charge in [-0.25, -0.2) is 0 Å². The summed E-state index contributed by atoms with van der Waals surface area (Å²) in [5, 5.41) is 6.90. The number of rotatable bonds is 6. The molecule has 1 aliphatic heterocycles. The zero-order valence-electron chi connectivity index (χ0n) is 17.3. The normalized spacial score (nSPS) is 15.7. The van der Waals surface area contributed by atoms with Gasteiger partial charge in [-0.05, 0) is 43.7 Å². The van der Waals surface area contributed by atoms with E-state index in [1.807, 2.05) is 12.1 Å². The molecule has 7 heteroatoms. The van der Waals surface area contributed by atoms with Gasteiger partial charge in [-0.15, -0.1) is 0 Å². The molecule has 1 aliphatic rings. The van der Waals surface area contributed by atoms with Gasteiger partial charge in [0.25, 0.3) is 11.8 Å². The van der Waals surface area contributed by atoms with Crippen LogP contribution in [0.3, 0.4) is 0 Å². The zero-order chi connectivity index (χ0) is 20.9. The summed E-state index contributed by atoms with van der Waals surface area (Å²) in [5.74, 6) is 0.928. The van der Waals surface area contributed by atoms with Gasteiger partial charge in [-0.3, -0.25) is 9.69 Å². The molecule has 1 aromatic heterocycles. The van der Waals surface area contributed by atoms with Crippen LogP contribution in [0, 0.1) is 13.8 Å². The molecule has 7 nitrogen and oxygen atoms in total. The molecule has 1 N–H and O–H groups in total. The third-order valence-corrected chi connectivity index (χ3v) is 5.33. The molecule has 1 unspecified atom stereocenters. The number of carbonyl (C=O) groups excluding carboxylic acids is 1. The van der Waals surface area contributed by atoms with E-state index < -0.39 is 0 Å². The second kappa shape index (κ2) is 9.19. The lowest BCUT2D eigenvalue weighted by molar-refractivity contribution is 0.0162. The topological polar surface area (TPSA) is 80.5 Å². The maximum Gasteiger partial charge on any atom is 0.257 e. The van der Waals surface area contributed by atoms with Crippen LogP contribution in [-0.2, 0) is 4.74 Å². The molecule has 2 heterocycles. The Balaban J connectivity index is 1.44. The highest BCUT2D eigenvalue weighted by Crippen LogP contribution is 2.22. The molecule has 4 rings (SSSR count). The van der Waals surface area contributed by atoms with Crippen LogP contribution >= 0.6 is 0 Å². The largest absolute Gasteiger partial charge is 0.379 e. The highest BCUT2D eigenvalue weighted by molar-refractivity contribution is 5.94. The summed E-state index contributed by atoms with van der Waals surface area (Å²) < 4.78 is 10.7. The zero-order valence-corrected chi connectivity index (χ0v) is 17.3. The second-order valence-electron chi connectivity index (χ2n) is 7.51. The first-order valence-electron chi connectivity index (χ1n) is 10.2. The van der Waals surface area contributed by atoms with Crippen molar-refractivity contribution in [2.45, 2.75) is 19.9 Å². The number of nitrogens with zero attached hydrogens (tertiary/aromatic N) is 3. The maximum atomic E-state index is 12.8. The van der Waals surface area contributed by atoms with Gasteiger partial charge in [-0.2, -0.15) is 4.98 Å². The van der Waals surface area contributed by atoms with Gasteiger partial charge in [0.2, 0.25) is 0 Å². The molecule has 2 aromatic carbocycles. The summed E-state index contributed by atoms with van der Waals surface area (Å²) in [5.41, 5.74) is 3.81. The average molecular weight is 406 g/mol. The van der Waals surface area contributed by atoms with Gasteiger partial charge in [0.1, 0.15) is 0 Å². The summed E-state index contributed by atoms with van der Waals surface area (Å²) in [6, 6.07) is 15.8. The lowest BCUT2D eigenvalue weighted by Crippen LogP contribution is -2.43. The molecule has 156 valence electrons. The van der Waals surface area contributed by atoms with Crippen molar-refractivity contribution in [3.05, 3.63) is 71.0 Å². The summed E-state index contributed by atoms with van der Waals surface area (Å²) in [6.07, 6.45) is 0. The average Bonchev–Trinajstić information content (AvgIpc) is 3.22. The van der Waals surface area contributed by atoms with E-state index in [2.05, 4.69) is 51.5 Å². The van der Waals surface area contributed by atoms with Crippen molar-refractivity contribution in [2.75, 3.05) is 32.8 Å². The van der Waals surface area contributed by atoms with E-state index >= 15 is 0 Å². The minimum atomic E-state index is -0.103. The van der Waals surface area contributed by atoms with Crippen molar-refractivity contribution < 1.29 is 14.1 Å². The van der Waals surface area contributed by atoms with Gasteiger partial charge in [-0.1, -0.05) is 35.0 Å². The number of hydrogen-bond acceptors (Lipinski definition) is 6. The lowest BCUT2D eigenvalue weighted by atomic mass is 10.0. The first-order chi connectivity index (χ1) is 14.6. The molecule has 0 aliphatic carbocycles. The molecular weight excluding hydrogens is 380 g/mol. The number of ether oxygens (including phenoxy) is 1. The number of benzene rings is 2. The van der Waals surface area contributed by atoms with E-state index in [1.165, 1.54) is 11.1 Å². The molecule has 1 fully saturated rings. The van der Waals surface area contributed by atoms with E-state index in [9.17, 15) is 4.79 Å². The Hall–Kier alpha value is -3.03. The van der Waals surface area contributed by atoms with Crippen LogP contribution in [-0.4, -0.2) is 53.8 Å². The maximum absolute atomic E-state index is 12.8. The van der Waals surface area contributed by atoms with Gasteiger partial charge in [0.15, 0.2) is 5.82 Å². The Labute approximate surface area is 176 Å². The van der Waals surface area contributed by atoms with E-state index in [0.29, 0.717) is 37.0 Å². The Kier molecular flexibility index (Phi) is 6.21. The predicted molar refractivity (Wildman–Crippen MR) is 113 cm³/mol. The van der Waals surface area contributed by atoms with Gasteiger partial charge >= 0.3 is 0 Å². The first-order valence-corrected chi connectivity index (χ1v) is 10.2. The monoisotopic (exact) mass is 406 g/mol. The first kappa shape index (κ1) is 20.3. The molecule has 1 amide bonds. The minimum absolute atomic E-state index is 0.103. The highest BCUT2D eigenvalue weighted by atomic mass is 16.5. The smallest absolute Gasteiger partial charge is 0.257 e. The fourth-order valence-corrected chi connectivity index (χ4v) is 3.61. The third-order valence-electron chi connectivity index (χ3n) is 5.33. The number of aromatic nitrogens is 2. The Bertz CT molecular complexity index is 976. The van der Waals surface area contributed by atoms with Crippen LogP contribution in [0.4, 0.5) is 0 Å². The van der Waals surface area contributed by atoms with E-state index in [4.69, 9.17) is 9.26 Å². The number of nitrogens with one attached hydrogen (secondary N) is 1. The summed E-state index contributed by atoms with van der Waals surface area (Å²) in [6.45, 7) is 7.52. The van der Waals surface area contributed by atoms with Crippen LogP contribution in [0.5, 0.6) is 0 Å². The molecule has 1 atom stereocenters. The second-order valence-corrected chi connectivity index (χ2v) is 7.51. The molecule has 0 bridgehead atoms. The van der Waals surface area contributed by atoms with Crippen molar-refractivity contribution in [1.82, 2.24) is 20.4 Å². The van der Waals surface area contributed by atoms with E-state index in [1.54, 1.807) is 19.1 Å². The Morgan fingerprint density at radius 1 is 1.07 bits per heavy atom. The summed E-state index contributed by atoms with van der Waals surface area (Å²) >= 11 is 0. The third kappa shape index (κ3) is 4.75. The number of aryl methyl sites for hydroxylation is 2. The van der Waals surface area contributed by atoms with Gasteiger partial charge in [0.05, 0.1) is 19.3 Å². The van der Waals surface area contributed by atoms with Crippen molar-refractivity contribution in [3.63, 3.8) is 0 Å². The quantitative estimate of drug-likeness (QED) is 0.677. The van der Waals surface area contributed by atoms with Gasteiger partial charge in [0, 0.05) is 30.8 Å². The van der Waals surface area contributed by atoms with Crippen molar-refractivity contribution in [2.24, 2.45) is 0 Å². The highest BCUT2D eigenvalue weighted by Gasteiger charge is 2.23. The van der Waals surface area contributed by atoms with Crippen molar-refractivity contribution in [3.8, 4) is 11.5 Å². The SMILES string of the molecule is Cc1ccc(C(CNC(=O)c2ccc(-c3nc(C)no3)cc2)N2CCOCC2)cc1. The van der Waals surface area contributed by atoms with Crippen LogP contribution in [0.15, 0.2) is 53.1 Å². The van der Waals surface area contributed by atoms with Crippen LogP contribution in [0.1, 0.15) is 33.4 Å². The fraction of sp³-hybridized carbons (Fsp3) is 0.348. The summed E-state index contributed by atoms with van der Waals surface area (Å²) in [4.78, 5) is 19.3. The molecule has 0 radical (unpaired) electrons. The Morgan fingerprint density at radius 2 is 1.77 bits per heavy atom. The molecule has 0 saturated carbocycles. The van der Waals surface area contributed by atoms with Crippen LogP contribution < -0.4 is 5.32 Å². The fourth-order valence-electron chi connectivity index (χ4n) is 3.61. The molecule has 30 heavy (non-hydrogen) atoms. The van der Waals surface area contributed by atoms with Crippen LogP contribution in [0.25, 0.3) is 11.5 Å². The minimum Gasteiger partial charge on any atom is -0.379 e. The van der Waals surface area contributed by atoms with Crippen molar-refractivity contribution >= 4 is 5.91 Å². The van der Waals surface area contributed by atoms with E-state index in [-0.39, 0.29) is 11.9 Å². The number of amides is 1. The van der Waals surface area contributed by atoms with Crippen molar-refractivity contribution in [1.29, 1.82) is 0 Å². The lowest BCUT2D eigenvalue weighted by Gasteiger charge is -2.35. The molecule has 1 saturated heterocycles.